The second kappa shape index (κ2) is 3.17. The van der Waals surface area contributed by atoms with Gasteiger partial charge in [-0.1, -0.05) is 6.92 Å². The summed E-state index contributed by atoms with van der Waals surface area (Å²) in [4.78, 5) is 0. The Kier molecular flexibility index (Phi) is 2.11. The number of hydrogen-bond donors (Lipinski definition) is 2. The maximum absolute atomic E-state index is 9.35. The van der Waals surface area contributed by atoms with Crippen LogP contribution in [0, 0.1) is 0 Å². The Balaban J connectivity index is 2.47. The van der Waals surface area contributed by atoms with Crippen molar-refractivity contribution in [2.24, 2.45) is 0 Å². The molecule has 3 nitrogen and oxygen atoms in total. The lowest BCUT2D eigenvalue weighted by Gasteiger charge is -2.20. The first-order valence-electron chi connectivity index (χ1n) is 4.73. The van der Waals surface area contributed by atoms with Crippen LogP contribution in [0.3, 0.4) is 0 Å². The van der Waals surface area contributed by atoms with E-state index in [2.05, 4.69) is 5.32 Å². The van der Waals surface area contributed by atoms with Crippen molar-refractivity contribution in [3.8, 4) is 5.75 Å². The van der Waals surface area contributed by atoms with Gasteiger partial charge in [-0.15, -0.1) is 0 Å². The number of rotatable bonds is 2. The number of benzene rings is 1. The van der Waals surface area contributed by atoms with Crippen molar-refractivity contribution < 1.29 is 9.84 Å². The molecular weight excluding hydrogens is 178 g/mol. The van der Waals surface area contributed by atoms with E-state index in [1.807, 2.05) is 25.1 Å². The molecule has 2 N–H and O–H groups in total. The van der Waals surface area contributed by atoms with E-state index < -0.39 is 0 Å². The van der Waals surface area contributed by atoms with Crippen molar-refractivity contribution >= 4 is 5.69 Å². The van der Waals surface area contributed by atoms with E-state index in [4.69, 9.17) is 4.74 Å². The van der Waals surface area contributed by atoms with E-state index in [-0.39, 0.29) is 12.0 Å². The van der Waals surface area contributed by atoms with Crippen molar-refractivity contribution in [2.45, 2.75) is 12.3 Å². The van der Waals surface area contributed by atoms with E-state index in [0.29, 0.717) is 0 Å². The van der Waals surface area contributed by atoms with Crippen LogP contribution in [-0.2, 0) is 5.41 Å². The highest BCUT2D eigenvalue weighted by atomic mass is 16.5. The van der Waals surface area contributed by atoms with Gasteiger partial charge in [-0.25, -0.2) is 0 Å². The summed E-state index contributed by atoms with van der Waals surface area (Å²) in [7, 11) is 1.65. The van der Waals surface area contributed by atoms with Crippen LogP contribution in [0.1, 0.15) is 12.5 Å². The minimum absolute atomic E-state index is 0.153. The van der Waals surface area contributed by atoms with Gasteiger partial charge in [-0.05, 0) is 23.8 Å². The van der Waals surface area contributed by atoms with Gasteiger partial charge in [-0.3, -0.25) is 0 Å². The molecule has 0 saturated heterocycles. The van der Waals surface area contributed by atoms with Gasteiger partial charge >= 0.3 is 0 Å². The molecule has 0 spiro atoms. The molecule has 2 rings (SSSR count). The Morgan fingerprint density at radius 1 is 1.57 bits per heavy atom. The summed E-state index contributed by atoms with van der Waals surface area (Å²) in [6.07, 6.45) is 0. The number of aliphatic hydroxyl groups excluding tert-OH is 1. The van der Waals surface area contributed by atoms with Gasteiger partial charge in [0.1, 0.15) is 5.75 Å². The van der Waals surface area contributed by atoms with Gasteiger partial charge < -0.3 is 15.2 Å². The zero-order valence-corrected chi connectivity index (χ0v) is 8.50. The molecule has 0 fully saturated rings. The Labute approximate surface area is 83.7 Å². The number of methoxy groups -OCH3 is 1. The predicted molar refractivity (Wildman–Crippen MR) is 55.9 cm³/mol. The van der Waals surface area contributed by atoms with E-state index in [9.17, 15) is 5.11 Å². The average Bonchev–Trinajstić information content (AvgIpc) is 2.57. The Morgan fingerprint density at radius 2 is 2.36 bits per heavy atom. The lowest BCUT2D eigenvalue weighted by Crippen LogP contribution is -2.28. The number of aliphatic hydroxyl groups is 1. The molecule has 0 amide bonds. The molecule has 0 radical (unpaired) electrons. The Bertz CT molecular complexity index is 351. The molecule has 14 heavy (non-hydrogen) atoms. The highest BCUT2D eigenvalue weighted by Gasteiger charge is 2.33. The smallest absolute Gasteiger partial charge is 0.119 e. The molecule has 0 aromatic heterocycles. The molecule has 1 heterocycles. The van der Waals surface area contributed by atoms with Gasteiger partial charge in [0.05, 0.1) is 13.7 Å². The van der Waals surface area contributed by atoms with Crippen LogP contribution in [0.25, 0.3) is 0 Å². The number of nitrogens with one attached hydrogen (secondary N) is 1. The van der Waals surface area contributed by atoms with E-state index in [1.165, 1.54) is 0 Å². The largest absolute Gasteiger partial charge is 0.497 e. The van der Waals surface area contributed by atoms with Crippen molar-refractivity contribution in [3.63, 3.8) is 0 Å². The maximum Gasteiger partial charge on any atom is 0.119 e. The number of anilines is 1. The highest BCUT2D eigenvalue weighted by Crippen LogP contribution is 2.38. The molecule has 1 aromatic rings. The van der Waals surface area contributed by atoms with Crippen LogP contribution in [0.2, 0.25) is 0 Å². The summed E-state index contributed by atoms with van der Waals surface area (Å²) in [6, 6.07) is 5.91. The molecule has 0 aliphatic carbocycles. The Hall–Kier alpha value is -1.22. The van der Waals surface area contributed by atoms with Crippen molar-refractivity contribution in [1.29, 1.82) is 0 Å². The highest BCUT2D eigenvalue weighted by molar-refractivity contribution is 5.62. The van der Waals surface area contributed by atoms with Crippen LogP contribution in [-0.4, -0.2) is 25.4 Å². The maximum atomic E-state index is 9.35. The van der Waals surface area contributed by atoms with Gasteiger partial charge in [0.15, 0.2) is 0 Å². The number of ether oxygens (including phenoxy) is 1. The van der Waals surface area contributed by atoms with Crippen LogP contribution in [0.5, 0.6) is 5.75 Å². The molecule has 3 heteroatoms. The molecule has 1 aliphatic rings. The summed E-state index contributed by atoms with van der Waals surface area (Å²) in [5, 5.41) is 12.6. The molecular formula is C11H15NO2. The summed E-state index contributed by atoms with van der Waals surface area (Å²) in [5.41, 5.74) is 2.06. The third-order valence-electron chi connectivity index (χ3n) is 2.89. The average molecular weight is 193 g/mol. The molecule has 1 aromatic carbocycles. The molecule has 76 valence electrons. The summed E-state index contributed by atoms with van der Waals surface area (Å²) in [5.74, 6) is 0.840. The summed E-state index contributed by atoms with van der Waals surface area (Å²) < 4.78 is 5.17. The zero-order valence-electron chi connectivity index (χ0n) is 8.50. The van der Waals surface area contributed by atoms with Gasteiger partial charge in [0.25, 0.3) is 0 Å². The van der Waals surface area contributed by atoms with Crippen LogP contribution < -0.4 is 10.1 Å². The minimum Gasteiger partial charge on any atom is -0.497 e. The normalized spacial score (nSPS) is 24.2. The summed E-state index contributed by atoms with van der Waals surface area (Å²) in [6.45, 7) is 2.98. The molecule has 0 bridgehead atoms. The third kappa shape index (κ3) is 1.24. The SMILES string of the molecule is COc1ccc2c(c1)C(C)(CO)CN2. The standard InChI is InChI=1S/C11H15NO2/c1-11(7-13)6-12-10-4-3-8(14-2)5-9(10)11/h3-5,12-13H,6-7H2,1-2H3. The first-order chi connectivity index (χ1) is 6.69. The second-order valence-electron chi connectivity index (χ2n) is 3.98. The first-order valence-corrected chi connectivity index (χ1v) is 4.73. The fourth-order valence-corrected chi connectivity index (χ4v) is 1.83. The van der Waals surface area contributed by atoms with Crippen molar-refractivity contribution in [2.75, 3.05) is 25.6 Å². The van der Waals surface area contributed by atoms with Crippen molar-refractivity contribution in [3.05, 3.63) is 23.8 Å². The minimum atomic E-state index is -0.177. The topological polar surface area (TPSA) is 41.5 Å². The van der Waals surface area contributed by atoms with Gasteiger partial charge in [-0.2, -0.15) is 0 Å². The van der Waals surface area contributed by atoms with Crippen molar-refractivity contribution in [1.82, 2.24) is 0 Å². The number of fused-ring (bicyclic) bond motifs is 1. The number of hydrogen-bond acceptors (Lipinski definition) is 3. The summed E-state index contributed by atoms with van der Waals surface area (Å²) >= 11 is 0. The molecule has 1 unspecified atom stereocenters. The monoisotopic (exact) mass is 193 g/mol. The molecule has 1 atom stereocenters. The first kappa shape index (κ1) is 9.34. The van der Waals surface area contributed by atoms with E-state index >= 15 is 0 Å². The quantitative estimate of drug-likeness (QED) is 0.745. The van der Waals surface area contributed by atoms with Gasteiger partial charge in [0, 0.05) is 17.6 Å². The van der Waals surface area contributed by atoms with Crippen LogP contribution in [0.15, 0.2) is 18.2 Å². The predicted octanol–water partition coefficient (Wildman–Crippen LogP) is 1.37. The third-order valence-corrected chi connectivity index (χ3v) is 2.89. The fourth-order valence-electron chi connectivity index (χ4n) is 1.83. The molecule has 0 saturated carbocycles. The zero-order chi connectivity index (χ0) is 10.2. The van der Waals surface area contributed by atoms with E-state index in [0.717, 1.165) is 23.5 Å². The van der Waals surface area contributed by atoms with Crippen LogP contribution in [0.4, 0.5) is 5.69 Å². The van der Waals surface area contributed by atoms with Crippen LogP contribution >= 0.6 is 0 Å². The van der Waals surface area contributed by atoms with Gasteiger partial charge in [0.2, 0.25) is 0 Å². The molecule has 1 aliphatic heterocycles. The van der Waals surface area contributed by atoms with E-state index in [1.54, 1.807) is 7.11 Å². The fraction of sp³-hybridized carbons (Fsp3) is 0.455. The second-order valence-corrected chi connectivity index (χ2v) is 3.98. The lowest BCUT2D eigenvalue weighted by molar-refractivity contribution is 0.218. The lowest BCUT2D eigenvalue weighted by atomic mass is 9.85. The Morgan fingerprint density at radius 3 is 3.00 bits per heavy atom.